The van der Waals surface area contributed by atoms with Crippen LogP contribution in [0.5, 0.6) is 5.75 Å². The Bertz CT molecular complexity index is 1030. The number of hydrogen-bond acceptors (Lipinski definition) is 4. The lowest BCUT2D eigenvalue weighted by atomic mass is 10.1. The molecule has 0 unspecified atom stereocenters. The van der Waals surface area contributed by atoms with Crippen LogP contribution in [0.3, 0.4) is 0 Å². The van der Waals surface area contributed by atoms with Crippen molar-refractivity contribution in [3.05, 3.63) is 87.1 Å². The second-order valence-electron chi connectivity index (χ2n) is 5.73. The van der Waals surface area contributed by atoms with Crippen molar-refractivity contribution >= 4 is 27.7 Å². The molecule has 3 aromatic rings. The highest BCUT2D eigenvalue weighted by atomic mass is 79.9. The van der Waals surface area contributed by atoms with E-state index in [1.807, 2.05) is 30.3 Å². The SMILES string of the molecule is O=C(COc1ccc(Br)cc1)NNC(=O)c1ccc(-c2ccccc2)[nH]c1=O. The quantitative estimate of drug-likeness (QED) is 0.529. The van der Waals surface area contributed by atoms with Gasteiger partial charge in [0.25, 0.3) is 17.4 Å². The summed E-state index contributed by atoms with van der Waals surface area (Å²) in [5.41, 5.74) is 5.15. The van der Waals surface area contributed by atoms with Crippen LogP contribution in [0.15, 0.2) is 76.0 Å². The molecule has 28 heavy (non-hydrogen) atoms. The van der Waals surface area contributed by atoms with Crippen molar-refractivity contribution in [2.75, 3.05) is 6.61 Å². The zero-order chi connectivity index (χ0) is 19.9. The van der Waals surface area contributed by atoms with Crippen molar-refractivity contribution < 1.29 is 14.3 Å². The number of amides is 2. The van der Waals surface area contributed by atoms with Gasteiger partial charge >= 0.3 is 0 Å². The van der Waals surface area contributed by atoms with Gasteiger partial charge in [-0.2, -0.15) is 0 Å². The number of nitrogens with one attached hydrogen (secondary N) is 3. The summed E-state index contributed by atoms with van der Waals surface area (Å²) >= 11 is 3.30. The summed E-state index contributed by atoms with van der Waals surface area (Å²) in [6.07, 6.45) is 0. The molecule has 0 atom stereocenters. The molecule has 2 aromatic carbocycles. The Balaban J connectivity index is 1.55. The van der Waals surface area contributed by atoms with E-state index in [4.69, 9.17) is 4.74 Å². The zero-order valence-electron chi connectivity index (χ0n) is 14.6. The summed E-state index contributed by atoms with van der Waals surface area (Å²) in [6.45, 7) is -0.286. The number of hydrazine groups is 1. The molecule has 0 spiro atoms. The fourth-order valence-corrected chi connectivity index (χ4v) is 2.61. The number of benzene rings is 2. The summed E-state index contributed by atoms with van der Waals surface area (Å²) in [5, 5.41) is 0. The molecule has 0 radical (unpaired) electrons. The fraction of sp³-hybridized carbons (Fsp3) is 0.0500. The van der Waals surface area contributed by atoms with Gasteiger partial charge in [-0.05, 0) is 42.0 Å². The smallest absolute Gasteiger partial charge is 0.276 e. The van der Waals surface area contributed by atoms with Gasteiger partial charge < -0.3 is 9.72 Å². The third kappa shape index (κ3) is 5.08. The molecule has 3 N–H and O–H groups in total. The number of hydrogen-bond donors (Lipinski definition) is 3. The second kappa shape index (κ2) is 9.01. The zero-order valence-corrected chi connectivity index (χ0v) is 16.2. The van der Waals surface area contributed by atoms with Crippen LogP contribution in [-0.4, -0.2) is 23.4 Å². The van der Waals surface area contributed by atoms with Crippen LogP contribution in [0.1, 0.15) is 10.4 Å². The monoisotopic (exact) mass is 441 g/mol. The first-order valence-corrected chi connectivity index (χ1v) is 9.08. The van der Waals surface area contributed by atoms with Gasteiger partial charge in [0.1, 0.15) is 11.3 Å². The van der Waals surface area contributed by atoms with Crippen LogP contribution in [0.4, 0.5) is 0 Å². The number of carbonyl (C=O) groups excluding carboxylic acids is 2. The molecule has 0 aliphatic carbocycles. The molecule has 3 rings (SSSR count). The van der Waals surface area contributed by atoms with E-state index in [9.17, 15) is 14.4 Å². The molecular formula is C20H16BrN3O4. The van der Waals surface area contributed by atoms with Gasteiger partial charge in [0.15, 0.2) is 6.61 Å². The maximum atomic E-state index is 12.2. The van der Waals surface area contributed by atoms with Crippen molar-refractivity contribution in [3.63, 3.8) is 0 Å². The second-order valence-corrected chi connectivity index (χ2v) is 6.64. The van der Waals surface area contributed by atoms with Gasteiger partial charge in [-0.15, -0.1) is 0 Å². The summed E-state index contributed by atoms with van der Waals surface area (Å²) in [6, 6.07) is 19.2. The van der Waals surface area contributed by atoms with Crippen LogP contribution in [0, 0.1) is 0 Å². The number of carbonyl (C=O) groups is 2. The van der Waals surface area contributed by atoms with E-state index < -0.39 is 17.4 Å². The molecule has 1 heterocycles. The molecule has 0 saturated heterocycles. The number of halogens is 1. The predicted molar refractivity (Wildman–Crippen MR) is 108 cm³/mol. The van der Waals surface area contributed by atoms with Gasteiger partial charge in [0.05, 0.1) is 0 Å². The molecule has 0 saturated carbocycles. The van der Waals surface area contributed by atoms with E-state index >= 15 is 0 Å². The van der Waals surface area contributed by atoms with E-state index in [0.717, 1.165) is 10.0 Å². The lowest BCUT2D eigenvalue weighted by Gasteiger charge is -2.09. The summed E-state index contributed by atoms with van der Waals surface area (Å²) in [5.74, 6) is -0.774. The predicted octanol–water partition coefficient (Wildman–Crippen LogP) is 2.64. The average Bonchev–Trinajstić information content (AvgIpc) is 2.72. The van der Waals surface area contributed by atoms with Crippen molar-refractivity contribution in [2.24, 2.45) is 0 Å². The number of H-pyrrole nitrogens is 1. The third-order valence-electron chi connectivity index (χ3n) is 3.74. The molecule has 0 aliphatic rings. The normalized spacial score (nSPS) is 10.2. The van der Waals surface area contributed by atoms with E-state index in [-0.39, 0.29) is 12.2 Å². The summed E-state index contributed by atoms with van der Waals surface area (Å²) < 4.78 is 6.19. The molecule has 0 bridgehead atoms. The van der Waals surface area contributed by atoms with Crippen LogP contribution in [0.2, 0.25) is 0 Å². The Morgan fingerprint density at radius 1 is 0.929 bits per heavy atom. The standard InChI is InChI=1S/C20H16BrN3O4/c21-14-6-8-15(9-7-14)28-12-18(25)23-24-20(27)16-10-11-17(22-19(16)26)13-4-2-1-3-5-13/h1-11H,12H2,(H,22,26)(H,23,25)(H,24,27). The Morgan fingerprint density at radius 2 is 1.64 bits per heavy atom. The molecule has 2 amide bonds. The van der Waals surface area contributed by atoms with Crippen LogP contribution in [0.25, 0.3) is 11.3 Å². The minimum absolute atomic E-state index is 0.117. The van der Waals surface area contributed by atoms with Crippen molar-refractivity contribution in [1.82, 2.24) is 15.8 Å². The van der Waals surface area contributed by atoms with Gasteiger partial charge in [-0.25, -0.2) is 0 Å². The molecule has 142 valence electrons. The van der Waals surface area contributed by atoms with E-state index in [1.54, 1.807) is 30.3 Å². The number of aromatic amines is 1. The Hall–Kier alpha value is -3.39. The van der Waals surface area contributed by atoms with Crippen LogP contribution in [-0.2, 0) is 4.79 Å². The van der Waals surface area contributed by atoms with Gasteiger partial charge in [-0.1, -0.05) is 46.3 Å². The maximum Gasteiger partial charge on any atom is 0.276 e. The lowest BCUT2D eigenvalue weighted by Crippen LogP contribution is -2.45. The van der Waals surface area contributed by atoms with Gasteiger partial charge in [0.2, 0.25) is 0 Å². The molecular weight excluding hydrogens is 426 g/mol. The highest BCUT2D eigenvalue weighted by Gasteiger charge is 2.12. The van der Waals surface area contributed by atoms with Gasteiger partial charge in [-0.3, -0.25) is 25.2 Å². The van der Waals surface area contributed by atoms with E-state index in [1.165, 1.54) is 6.07 Å². The van der Waals surface area contributed by atoms with Crippen molar-refractivity contribution in [2.45, 2.75) is 0 Å². The average molecular weight is 442 g/mol. The molecule has 0 aliphatic heterocycles. The first-order valence-electron chi connectivity index (χ1n) is 8.29. The van der Waals surface area contributed by atoms with E-state index in [2.05, 4.69) is 31.8 Å². The molecule has 0 fully saturated rings. The van der Waals surface area contributed by atoms with Gasteiger partial charge in [0, 0.05) is 10.2 Å². The number of aromatic nitrogens is 1. The fourth-order valence-electron chi connectivity index (χ4n) is 2.35. The topological polar surface area (TPSA) is 100 Å². The minimum Gasteiger partial charge on any atom is -0.484 e. The molecule has 1 aromatic heterocycles. The first-order chi connectivity index (χ1) is 13.5. The van der Waals surface area contributed by atoms with Crippen molar-refractivity contribution in [3.8, 4) is 17.0 Å². The summed E-state index contributed by atoms with van der Waals surface area (Å²) in [4.78, 5) is 38.8. The lowest BCUT2D eigenvalue weighted by molar-refractivity contribution is -0.123. The number of rotatable bonds is 5. The maximum absolute atomic E-state index is 12.2. The molecule has 7 nitrogen and oxygen atoms in total. The largest absolute Gasteiger partial charge is 0.484 e. The van der Waals surface area contributed by atoms with E-state index in [0.29, 0.717) is 11.4 Å². The summed E-state index contributed by atoms with van der Waals surface area (Å²) in [7, 11) is 0. The third-order valence-corrected chi connectivity index (χ3v) is 4.27. The Labute approximate surface area is 168 Å². The number of pyridine rings is 1. The van der Waals surface area contributed by atoms with Crippen LogP contribution < -0.4 is 21.1 Å². The highest BCUT2D eigenvalue weighted by Crippen LogP contribution is 2.16. The highest BCUT2D eigenvalue weighted by molar-refractivity contribution is 9.10. The van der Waals surface area contributed by atoms with Crippen LogP contribution >= 0.6 is 15.9 Å². The Morgan fingerprint density at radius 3 is 2.32 bits per heavy atom. The molecule has 8 heteroatoms. The van der Waals surface area contributed by atoms with Crippen molar-refractivity contribution in [1.29, 1.82) is 0 Å². The Kier molecular flexibility index (Phi) is 6.23. The first kappa shape index (κ1) is 19.4. The number of ether oxygens (including phenoxy) is 1. The minimum atomic E-state index is -0.724.